The topological polar surface area (TPSA) is 52.7 Å². The molecule has 1 aliphatic rings. The summed E-state index contributed by atoms with van der Waals surface area (Å²) in [7, 11) is -3.86. The van der Waals surface area contributed by atoms with Crippen LogP contribution in [-0.4, -0.2) is 40.5 Å². The predicted molar refractivity (Wildman–Crippen MR) is 127 cm³/mol. The van der Waals surface area contributed by atoms with Gasteiger partial charge in [-0.3, -0.25) is 0 Å². The van der Waals surface area contributed by atoms with E-state index in [-0.39, 0.29) is 12.3 Å². The Hall–Kier alpha value is -1.47. The van der Waals surface area contributed by atoms with Crippen LogP contribution in [0, 0.1) is 6.92 Å². The highest BCUT2D eigenvalue weighted by Gasteiger charge is 2.34. The van der Waals surface area contributed by atoms with Crippen molar-refractivity contribution in [3.63, 3.8) is 0 Å². The van der Waals surface area contributed by atoms with Crippen LogP contribution in [0.5, 0.6) is 0 Å². The highest BCUT2D eigenvalue weighted by molar-refractivity contribution is 7.94. The van der Waals surface area contributed by atoms with Crippen molar-refractivity contribution in [2.45, 2.75) is 31.9 Å². The molecule has 0 spiro atoms. The zero-order valence-corrected chi connectivity index (χ0v) is 19.8. The van der Waals surface area contributed by atoms with Crippen molar-refractivity contribution in [1.29, 1.82) is 0 Å². The van der Waals surface area contributed by atoms with Gasteiger partial charge in [0.05, 0.1) is 5.69 Å². The van der Waals surface area contributed by atoms with E-state index in [9.17, 15) is 8.42 Å². The monoisotopic (exact) mass is 469 g/mol. The molecule has 0 amide bonds. The number of nitrogens with one attached hydrogen (secondary N) is 1. The van der Waals surface area contributed by atoms with Crippen LogP contribution in [0.4, 0.5) is 11.4 Å². The Bertz CT molecular complexity index is 963. The van der Waals surface area contributed by atoms with Crippen molar-refractivity contribution in [3.8, 4) is 0 Å². The standard InChI is InChI=1S/C22H29Cl2N3O2S/c1-3-18-16-19(8-9-21(18)26-14-12-25-13-15-26)27(24)30(28,29)22(10-11-23)20-7-5-4-6-17(20)2/h4-9,16,22,25H,3,10-15H2,1-2H3. The lowest BCUT2D eigenvalue weighted by molar-refractivity contribution is 0.581. The first-order chi connectivity index (χ1) is 14.4. The molecule has 1 atom stereocenters. The number of benzene rings is 2. The third kappa shape index (κ3) is 4.88. The second-order valence-electron chi connectivity index (χ2n) is 7.49. The van der Waals surface area contributed by atoms with E-state index in [1.54, 1.807) is 6.07 Å². The van der Waals surface area contributed by atoms with E-state index in [2.05, 4.69) is 17.1 Å². The van der Waals surface area contributed by atoms with Crippen LogP contribution in [0.15, 0.2) is 42.5 Å². The number of sulfonamides is 1. The molecule has 1 aliphatic heterocycles. The van der Waals surface area contributed by atoms with E-state index in [4.69, 9.17) is 23.4 Å². The van der Waals surface area contributed by atoms with Crippen molar-refractivity contribution in [1.82, 2.24) is 5.32 Å². The third-order valence-electron chi connectivity index (χ3n) is 5.59. The molecule has 1 fully saturated rings. The maximum Gasteiger partial charge on any atom is 0.256 e. The van der Waals surface area contributed by atoms with Gasteiger partial charge < -0.3 is 10.2 Å². The van der Waals surface area contributed by atoms with Gasteiger partial charge in [-0.15, -0.1) is 11.6 Å². The Kier molecular flexibility index (Phi) is 7.91. The fourth-order valence-electron chi connectivity index (χ4n) is 3.95. The van der Waals surface area contributed by atoms with Crippen molar-refractivity contribution in [2.75, 3.05) is 40.8 Å². The molecule has 0 bridgehead atoms. The molecule has 2 aromatic carbocycles. The summed E-state index contributed by atoms with van der Waals surface area (Å²) in [4.78, 5) is 2.33. The summed E-state index contributed by atoms with van der Waals surface area (Å²) in [6.07, 6.45) is 1.08. The Balaban J connectivity index is 1.95. The molecule has 0 radical (unpaired) electrons. The molecule has 1 N–H and O–H groups in total. The van der Waals surface area contributed by atoms with Crippen LogP contribution in [-0.2, 0) is 16.4 Å². The number of rotatable bonds is 8. The smallest absolute Gasteiger partial charge is 0.256 e. The minimum atomic E-state index is -3.86. The predicted octanol–water partition coefficient (Wildman–Crippen LogP) is 4.63. The fourth-order valence-corrected chi connectivity index (χ4v) is 6.32. The molecule has 0 aromatic heterocycles. The number of aryl methyl sites for hydroxylation is 2. The van der Waals surface area contributed by atoms with Crippen molar-refractivity contribution >= 4 is 44.8 Å². The van der Waals surface area contributed by atoms with Gasteiger partial charge in [-0.05, 0) is 54.7 Å². The Morgan fingerprint density at radius 3 is 2.50 bits per heavy atom. The van der Waals surface area contributed by atoms with Crippen LogP contribution >= 0.6 is 23.4 Å². The summed E-state index contributed by atoms with van der Waals surface area (Å²) < 4.78 is 27.9. The number of halogens is 2. The maximum absolute atomic E-state index is 13.5. The quantitative estimate of drug-likeness (QED) is 0.452. The Morgan fingerprint density at radius 2 is 1.87 bits per heavy atom. The Labute approximate surface area is 190 Å². The zero-order valence-electron chi connectivity index (χ0n) is 17.4. The second kappa shape index (κ2) is 10.2. The van der Waals surface area contributed by atoms with Gasteiger partial charge in [-0.1, -0.05) is 31.2 Å². The van der Waals surface area contributed by atoms with E-state index < -0.39 is 15.3 Å². The number of piperazine rings is 1. The first-order valence-electron chi connectivity index (χ1n) is 10.3. The van der Waals surface area contributed by atoms with Crippen LogP contribution in [0.2, 0.25) is 0 Å². The first-order valence-corrected chi connectivity index (χ1v) is 12.7. The second-order valence-corrected chi connectivity index (χ2v) is 10.4. The van der Waals surface area contributed by atoms with E-state index >= 15 is 0 Å². The molecule has 0 saturated carbocycles. The van der Waals surface area contributed by atoms with Gasteiger partial charge in [0.25, 0.3) is 10.0 Å². The van der Waals surface area contributed by atoms with E-state index in [0.29, 0.717) is 5.69 Å². The molecule has 1 heterocycles. The van der Waals surface area contributed by atoms with Gasteiger partial charge in [0, 0.05) is 49.5 Å². The molecule has 8 heteroatoms. The first kappa shape index (κ1) is 23.2. The molecular formula is C22H29Cl2N3O2S. The van der Waals surface area contributed by atoms with Crippen molar-refractivity contribution < 1.29 is 8.42 Å². The summed E-state index contributed by atoms with van der Waals surface area (Å²) in [5, 5.41) is 2.56. The largest absolute Gasteiger partial charge is 0.369 e. The van der Waals surface area contributed by atoms with Gasteiger partial charge >= 0.3 is 0 Å². The lowest BCUT2D eigenvalue weighted by Crippen LogP contribution is -2.43. The van der Waals surface area contributed by atoms with Crippen LogP contribution in [0.1, 0.15) is 35.3 Å². The lowest BCUT2D eigenvalue weighted by Gasteiger charge is -2.32. The van der Waals surface area contributed by atoms with Gasteiger partial charge in [0.15, 0.2) is 0 Å². The fraction of sp³-hybridized carbons (Fsp3) is 0.455. The minimum absolute atomic E-state index is 0.227. The van der Waals surface area contributed by atoms with Crippen molar-refractivity contribution in [3.05, 3.63) is 59.2 Å². The van der Waals surface area contributed by atoms with Crippen LogP contribution in [0.3, 0.4) is 0 Å². The molecule has 3 rings (SSSR count). The highest BCUT2D eigenvalue weighted by atomic mass is 35.5. The summed E-state index contributed by atoms with van der Waals surface area (Å²) >= 11 is 12.4. The third-order valence-corrected chi connectivity index (χ3v) is 8.45. The molecule has 1 saturated heterocycles. The van der Waals surface area contributed by atoms with Gasteiger partial charge in [-0.25, -0.2) is 8.42 Å². The number of alkyl halides is 1. The normalized spacial score (nSPS) is 15.8. The number of nitrogens with zero attached hydrogens (tertiary/aromatic N) is 2. The molecule has 164 valence electrons. The number of hydrogen-bond acceptors (Lipinski definition) is 4. The molecule has 5 nitrogen and oxygen atoms in total. The van der Waals surface area contributed by atoms with Crippen LogP contribution < -0.4 is 14.0 Å². The molecule has 0 aliphatic carbocycles. The number of hydrogen-bond donors (Lipinski definition) is 1. The van der Waals surface area contributed by atoms with Gasteiger partial charge in [0.1, 0.15) is 5.25 Å². The summed E-state index contributed by atoms with van der Waals surface area (Å²) in [5.74, 6) is 0.227. The summed E-state index contributed by atoms with van der Waals surface area (Å²) in [5.41, 5.74) is 4.32. The zero-order chi connectivity index (χ0) is 21.7. The lowest BCUT2D eigenvalue weighted by atomic mass is 10.0. The maximum atomic E-state index is 13.5. The molecule has 1 unspecified atom stereocenters. The van der Waals surface area contributed by atoms with Crippen molar-refractivity contribution in [2.24, 2.45) is 0 Å². The minimum Gasteiger partial charge on any atom is -0.369 e. The van der Waals surface area contributed by atoms with Gasteiger partial charge in [-0.2, -0.15) is 3.82 Å². The Morgan fingerprint density at radius 1 is 1.17 bits per heavy atom. The summed E-state index contributed by atoms with van der Waals surface area (Å²) in [6.45, 7) is 7.72. The number of anilines is 2. The highest BCUT2D eigenvalue weighted by Crippen LogP contribution is 2.37. The van der Waals surface area contributed by atoms with E-state index in [0.717, 1.165) is 58.8 Å². The van der Waals surface area contributed by atoms with E-state index in [1.165, 1.54) is 0 Å². The SMILES string of the molecule is CCc1cc(N(Cl)S(=O)(=O)C(CCCl)c2ccccc2C)ccc1N1CCNCC1. The van der Waals surface area contributed by atoms with E-state index in [1.807, 2.05) is 43.3 Å². The molecule has 2 aromatic rings. The molecular weight excluding hydrogens is 441 g/mol. The van der Waals surface area contributed by atoms with Crippen LogP contribution in [0.25, 0.3) is 0 Å². The average molecular weight is 470 g/mol. The molecule has 30 heavy (non-hydrogen) atoms. The summed E-state index contributed by atoms with van der Waals surface area (Å²) in [6, 6.07) is 13.1. The van der Waals surface area contributed by atoms with Gasteiger partial charge in [0.2, 0.25) is 0 Å². The average Bonchev–Trinajstić information content (AvgIpc) is 2.77.